The fraction of sp³-hybridized carbons (Fsp3) is 0.250. The highest BCUT2D eigenvalue weighted by molar-refractivity contribution is 7.12. The lowest BCUT2D eigenvalue weighted by atomic mass is 10.2. The summed E-state index contributed by atoms with van der Waals surface area (Å²) in [5.41, 5.74) is 2.97. The number of benzene rings is 2. The minimum absolute atomic E-state index is 0.0810. The number of imidazole rings is 1. The second kappa shape index (κ2) is 9.54. The van der Waals surface area contributed by atoms with Crippen molar-refractivity contribution in [2.24, 2.45) is 0 Å². The van der Waals surface area contributed by atoms with Crippen molar-refractivity contribution in [1.29, 1.82) is 0 Å². The zero-order valence-electron chi connectivity index (χ0n) is 17.5. The molecular weight excluding hydrogens is 430 g/mol. The lowest BCUT2D eigenvalue weighted by molar-refractivity contribution is 0.0941. The summed E-state index contributed by atoms with van der Waals surface area (Å²) in [6.45, 7) is 5.24. The van der Waals surface area contributed by atoms with Gasteiger partial charge in [0.15, 0.2) is 0 Å². The normalized spacial score (nSPS) is 12.1. The Balaban J connectivity index is 1.47. The Morgan fingerprint density at radius 1 is 1.23 bits per heavy atom. The molecule has 1 atom stereocenters. The lowest BCUT2D eigenvalue weighted by Crippen LogP contribution is -2.28. The van der Waals surface area contributed by atoms with Crippen molar-refractivity contribution in [1.82, 2.24) is 14.9 Å². The van der Waals surface area contributed by atoms with Crippen LogP contribution in [0.2, 0.25) is 5.02 Å². The first-order valence-electron chi connectivity index (χ1n) is 10.2. The Morgan fingerprint density at radius 3 is 2.84 bits per heavy atom. The maximum atomic E-state index is 12.5. The average Bonchev–Trinajstić information content (AvgIpc) is 3.42. The molecule has 5 nitrogen and oxygen atoms in total. The zero-order chi connectivity index (χ0) is 21.8. The number of nitrogens with one attached hydrogen (secondary N) is 1. The molecule has 0 radical (unpaired) electrons. The number of carbonyl (C=O) groups excluding carboxylic acids is 1. The molecule has 0 saturated carbocycles. The molecule has 2 aromatic heterocycles. The Labute approximate surface area is 190 Å². The maximum Gasteiger partial charge on any atom is 0.261 e. The predicted molar refractivity (Wildman–Crippen MR) is 126 cm³/mol. The van der Waals surface area contributed by atoms with Crippen molar-refractivity contribution >= 4 is 39.9 Å². The highest BCUT2D eigenvalue weighted by Crippen LogP contribution is 2.23. The van der Waals surface area contributed by atoms with Gasteiger partial charge in [-0.05, 0) is 67.6 Å². The van der Waals surface area contributed by atoms with Crippen LogP contribution in [0.25, 0.3) is 11.0 Å². The van der Waals surface area contributed by atoms with Crippen molar-refractivity contribution in [2.45, 2.75) is 32.9 Å². The number of para-hydroxylation sites is 2. The number of thiophene rings is 1. The monoisotopic (exact) mass is 453 g/mol. The van der Waals surface area contributed by atoms with Crippen molar-refractivity contribution in [3.05, 3.63) is 81.3 Å². The number of rotatable bonds is 8. The molecule has 0 aliphatic carbocycles. The molecule has 2 heterocycles. The molecule has 7 heteroatoms. The van der Waals surface area contributed by atoms with Crippen LogP contribution in [0, 0.1) is 6.92 Å². The largest absolute Gasteiger partial charge is 0.494 e. The quantitative estimate of drug-likeness (QED) is 0.332. The average molecular weight is 454 g/mol. The number of nitrogens with zero attached hydrogens (tertiary/aromatic N) is 2. The van der Waals surface area contributed by atoms with Gasteiger partial charge in [-0.2, -0.15) is 0 Å². The molecule has 0 saturated heterocycles. The summed E-state index contributed by atoms with van der Waals surface area (Å²) in [5.74, 6) is 1.57. The fourth-order valence-electron chi connectivity index (χ4n) is 3.52. The Kier molecular flexibility index (Phi) is 6.59. The van der Waals surface area contributed by atoms with Crippen LogP contribution in [0.5, 0.6) is 5.75 Å². The molecule has 4 aromatic rings. The van der Waals surface area contributed by atoms with E-state index in [0.29, 0.717) is 11.5 Å². The highest BCUT2D eigenvalue weighted by atomic mass is 35.5. The van der Waals surface area contributed by atoms with E-state index >= 15 is 0 Å². The van der Waals surface area contributed by atoms with Crippen molar-refractivity contribution in [3.63, 3.8) is 0 Å². The van der Waals surface area contributed by atoms with Gasteiger partial charge in [-0.25, -0.2) is 4.98 Å². The van der Waals surface area contributed by atoms with Crippen molar-refractivity contribution in [2.75, 3.05) is 6.61 Å². The second-order valence-corrected chi connectivity index (χ2v) is 8.75. The molecule has 4 rings (SSSR count). The predicted octanol–water partition coefficient (Wildman–Crippen LogP) is 6.02. The summed E-state index contributed by atoms with van der Waals surface area (Å²) in [4.78, 5) is 18.0. The number of aromatic nitrogens is 2. The van der Waals surface area contributed by atoms with Gasteiger partial charge in [-0.15, -0.1) is 11.3 Å². The number of amides is 1. The van der Waals surface area contributed by atoms with Crippen LogP contribution in [-0.4, -0.2) is 22.1 Å². The van der Waals surface area contributed by atoms with Gasteiger partial charge in [0.1, 0.15) is 11.6 Å². The smallest absolute Gasteiger partial charge is 0.261 e. The van der Waals surface area contributed by atoms with Gasteiger partial charge in [0.05, 0.1) is 28.6 Å². The third kappa shape index (κ3) is 4.92. The van der Waals surface area contributed by atoms with E-state index in [1.807, 2.05) is 67.8 Å². The number of fused-ring (bicyclic) bond motifs is 1. The number of carbonyl (C=O) groups is 1. The molecule has 31 heavy (non-hydrogen) atoms. The van der Waals surface area contributed by atoms with Crippen LogP contribution in [0.3, 0.4) is 0 Å². The van der Waals surface area contributed by atoms with Gasteiger partial charge >= 0.3 is 0 Å². The van der Waals surface area contributed by atoms with Gasteiger partial charge in [-0.3, -0.25) is 4.79 Å². The lowest BCUT2D eigenvalue weighted by Gasteiger charge is -2.16. The number of aryl methyl sites for hydroxylation is 2. The first-order chi connectivity index (χ1) is 15.0. The van der Waals surface area contributed by atoms with E-state index in [4.69, 9.17) is 21.3 Å². The molecule has 0 aliphatic heterocycles. The summed E-state index contributed by atoms with van der Waals surface area (Å²) in [7, 11) is 0. The topological polar surface area (TPSA) is 56.1 Å². The van der Waals surface area contributed by atoms with Gasteiger partial charge in [0, 0.05) is 11.6 Å². The molecule has 1 amide bonds. The summed E-state index contributed by atoms with van der Waals surface area (Å²) in [5, 5.41) is 5.71. The van der Waals surface area contributed by atoms with Gasteiger partial charge in [0.25, 0.3) is 5.91 Å². The number of halogens is 1. The highest BCUT2D eigenvalue weighted by Gasteiger charge is 2.19. The zero-order valence-corrected chi connectivity index (χ0v) is 19.0. The van der Waals surface area contributed by atoms with E-state index in [2.05, 4.69) is 16.0 Å². The van der Waals surface area contributed by atoms with E-state index in [0.717, 1.165) is 46.2 Å². The molecule has 0 fully saturated rings. The third-order valence-electron chi connectivity index (χ3n) is 5.09. The van der Waals surface area contributed by atoms with E-state index in [-0.39, 0.29) is 11.9 Å². The van der Waals surface area contributed by atoms with Crippen LogP contribution < -0.4 is 10.1 Å². The van der Waals surface area contributed by atoms with Crippen LogP contribution in [0.15, 0.2) is 60.0 Å². The molecule has 0 aliphatic rings. The standard InChI is InChI=1S/C24H24ClN3O2S/c1-16-15-18(10-11-19(16)25)30-13-6-12-28-21-8-4-3-7-20(21)27-23(28)17(2)26-24(29)22-9-5-14-31-22/h3-5,7-11,14-15,17H,6,12-13H2,1-2H3,(H,26,29). The summed E-state index contributed by atoms with van der Waals surface area (Å²) >= 11 is 7.52. The maximum absolute atomic E-state index is 12.5. The first kappa shape index (κ1) is 21.4. The number of hydrogen-bond donors (Lipinski definition) is 1. The molecule has 2 aromatic carbocycles. The number of ether oxygens (including phenoxy) is 1. The van der Waals surface area contributed by atoms with Gasteiger partial charge in [0.2, 0.25) is 0 Å². The fourth-order valence-corrected chi connectivity index (χ4v) is 4.26. The van der Waals surface area contributed by atoms with Crippen LogP contribution in [0.4, 0.5) is 0 Å². The Bertz CT molecular complexity index is 1190. The first-order valence-corrected chi connectivity index (χ1v) is 11.5. The van der Waals surface area contributed by atoms with Gasteiger partial charge in [-0.1, -0.05) is 29.8 Å². The van der Waals surface area contributed by atoms with E-state index < -0.39 is 0 Å². The van der Waals surface area contributed by atoms with Gasteiger partial charge < -0.3 is 14.6 Å². The van der Waals surface area contributed by atoms with Crippen LogP contribution in [-0.2, 0) is 6.54 Å². The molecule has 0 spiro atoms. The van der Waals surface area contributed by atoms with Crippen molar-refractivity contribution < 1.29 is 9.53 Å². The summed E-state index contributed by atoms with van der Waals surface area (Å²) < 4.78 is 8.08. The van der Waals surface area contributed by atoms with Crippen LogP contribution >= 0.6 is 22.9 Å². The van der Waals surface area contributed by atoms with E-state index in [9.17, 15) is 4.79 Å². The van der Waals surface area contributed by atoms with Crippen LogP contribution in [0.1, 0.15) is 40.4 Å². The van der Waals surface area contributed by atoms with Crippen molar-refractivity contribution in [3.8, 4) is 5.75 Å². The molecule has 160 valence electrons. The van der Waals surface area contributed by atoms with E-state index in [1.165, 1.54) is 11.3 Å². The molecule has 1 unspecified atom stereocenters. The van der Waals surface area contributed by atoms with E-state index in [1.54, 1.807) is 0 Å². The molecule has 0 bridgehead atoms. The minimum Gasteiger partial charge on any atom is -0.494 e. The third-order valence-corrected chi connectivity index (χ3v) is 6.38. The molecule has 1 N–H and O–H groups in total. The summed E-state index contributed by atoms with van der Waals surface area (Å²) in [6.07, 6.45) is 0.806. The summed E-state index contributed by atoms with van der Waals surface area (Å²) in [6, 6.07) is 17.2. The minimum atomic E-state index is -0.221. The SMILES string of the molecule is Cc1cc(OCCCn2c(C(C)NC(=O)c3cccs3)nc3ccccc32)ccc1Cl. The Morgan fingerprint density at radius 2 is 2.06 bits per heavy atom. The Hall–Kier alpha value is -2.83. The molecular formula is C24H24ClN3O2S. The number of hydrogen-bond acceptors (Lipinski definition) is 4. The second-order valence-electron chi connectivity index (χ2n) is 7.40.